The van der Waals surface area contributed by atoms with Crippen LogP contribution in [0.2, 0.25) is 5.82 Å². The average molecular weight is 285 g/mol. The molecule has 0 spiro atoms. The average Bonchev–Trinajstić information content (AvgIpc) is 2.92. The Labute approximate surface area is 130 Å². The van der Waals surface area contributed by atoms with Gasteiger partial charge in [0.25, 0.3) is 0 Å². The van der Waals surface area contributed by atoms with Crippen molar-refractivity contribution in [3.63, 3.8) is 0 Å². The first-order valence-electron chi connectivity index (χ1n) is 7.42. The quantitative estimate of drug-likeness (QED) is 0.859. The van der Waals surface area contributed by atoms with E-state index < -0.39 is 5.97 Å². The Hall–Kier alpha value is -2.55. The summed E-state index contributed by atoms with van der Waals surface area (Å²) in [5.41, 5.74) is 6.57. The van der Waals surface area contributed by atoms with Gasteiger partial charge in [0.1, 0.15) is 0 Å². The first kappa shape index (κ1) is 13.1. The summed E-state index contributed by atoms with van der Waals surface area (Å²) in [6.07, 6.45) is 5.48. The fourth-order valence-corrected chi connectivity index (χ4v) is 3.28. The second kappa shape index (κ2) is 5.02. The van der Waals surface area contributed by atoms with Crippen LogP contribution in [0.1, 0.15) is 27.9 Å². The summed E-state index contributed by atoms with van der Waals surface area (Å²) in [5.74, 6) is -0.415. The first-order valence-corrected chi connectivity index (χ1v) is 7.42. The molecule has 1 heterocycles. The number of allylic oxidation sites excluding steroid dienone is 4. The van der Waals surface area contributed by atoms with Crippen molar-refractivity contribution in [1.82, 2.24) is 0 Å². The minimum atomic E-state index is -0.887. The third kappa shape index (κ3) is 2.10. The van der Waals surface area contributed by atoms with E-state index in [1.165, 1.54) is 22.2 Å². The van der Waals surface area contributed by atoms with Gasteiger partial charge in [0.15, 0.2) is 7.28 Å². The Morgan fingerprint density at radius 2 is 1.86 bits per heavy atom. The molecule has 1 atom stereocenters. The minimum Gasteiger partial charge on any atom is -0.478 e. The van der Waals surface area contributed by atoms with Crippen LogP contribution in [0.15, 0.2) is 60.7 Å². The van der Waals surface area contributed by atoms with Gasteiger partial charge in [-0.25, -0.2) is 4.79 Å². The number of carbonyl (C=O) groups is 1. The molecule has 4 rings (SSSR count). The van der Waals surface area contributed by atoms with E-state index in [1.807, 2.05) is 12.1 Å². The number of carboxylic acids is 1. The maximum Gasteiger partial charge on any atom is 0.335 e. The topological polar surface area (TPSA) is 37.3 Å². The van der Waals surface area contributed by atoms with E-state index in [9.17, 15) is 4.79 Å². The molecule has 1 N–H and O–H groups in total. The minimum absolute atomic E-state index is 0.324. The van der Waals surface area contributed by atoms with E-state index >= 15 is 0 Å². The number of fused-ring (bicyclic) bond motifs is 3. The molecule has 0 aromatic heterocycles. The second-order valence-electron chi connectivity index (χ2n) is 5.74. The predicted molar refractivity (Wildman–Crippen MR) is 89.6 cm³/mol. The number of hydrogen-bond donors (Lipinski definition) is 1. The molecule has 2 aromatic rings. The smallest absolute Gasteiger partial charge is 0.335 e. The number of aromatic carboxylic acids is 1. The van der Waals surface area contributed by atoms with Crippen molar-refractivity contribution in [3.8, 4) is 0 Å². The van der Waals surface area contributed by atoms with Crippen LogP contribution >= 0.6 is 0 Å². The molecule has 105 valence electrons. The van der Waals surface area contributed by atoms with Crippen LogP contribution in [0.25, 0.3) is 11.1 Å². The molecule has 1 aliphatic carbocycles. The SMILES string of the molecule is O=C(O)c1ccc(C2=CCC3[B]c4ccccc4C3=C2)cc1. The molecule has 1 aliphatic heterocycles. The summed E-state index contributed by atoms with van der Waals surface area (Å²) in [7, 11) is 2.34. The van der Waals surface area contributed by atoms with Gasteiger partial charge in [0.05, 0.1) is 5.56 Å². The summed E-state index contributed by atoms with van der Waals surface area (Å²) < 4.78 is 0. The van der Waals surface area contributed by atoms with Crippen molar-refractivity contribution in [1.29, 1.82) is 0 Å². The van der Waals surface area contributed by atoms with Gasteiger partial charge in [0, 0.05) is 0 Å². The van der Waals surface area contributed by atoms with Crippen LogP contribution in [-0.4, -0.2) is 18.4 Å². The summed E-state index contributed by atoms with van der Waals surface area (Å²) in [4.78, 5) is 10.9. The zero-order chi connectivity index (χ0) is 15.1. The van der Waals surface area contributed by atoms with Crippen LogP contribution in [0, 0.1) is 0 Å². The molecular formula is C19H14BO2. The van der Waals surface area contributed by atoms with Gasteiger partial charge in [-0.1, -0.05) is 54.0 Å². The van der Waals surface area contributed by atoms with E-state index in [-0.39, 0.29) is 0 Å². The summed E-state index contributed by atoms with van der Waals surface area (Å²) in [6, 6.07) is 15.6. The van der Waals surface area contributed by atoms with Gasteiger partial charge in [-0.05, 0) is 46.6 Å². The number of hydrogen-bond acceptors (Lipinski definition) is 1. The Morgan fingerprint density at radius 3 is 2.64 bits per heavy atom. The lowest BCUT2D eigenvalue weighted by atomic mass is 9.61. The molecule has 2 aliphatic rings. The van der Waals surface area contributed by atoms with E-state index in [2.05, 4.69) is 43.7 Å². The van der Waals surface area contributed by atoms with Crippen LogP contribution < -0.4 is 5.46 Å². The zero-order valence-corrected chi connectivity index (χ0v) is 12.0. The van der Waals surface area contributed by atoms with Gasteiger partial charge < -0.3 is 5.11 Å². The summed E-state index contributed by atoms with van der Waals surface area (Å²) in [6.45, 7) is 0. The molecule has 0 saturated heterocycles. The highest BCUT2D eigenvalue weighted by Gasteiger charge is 2.29. The Bertz CT molecular complexity index is 816. The fourth-order valence-electron chi connectivity index (χ4n) is 3.28. The Kier molecular flexibility index (Phi) is 3.00. The summed E-state index contributed by atoms with van der Waals surface area (Å²) >= 11 is 0. The third-order valence-corrected chi connectivity index (χ3v) is 4.42. The van der Waals surface area contributed by atoms with Crippen molar-refractivity contribution in [2.45, 2.75) is 12.2 Å². The fraction of sp³-hybridized carbons (Fsp3) is 0.105. The van der Waals surface area contributed by atoms with Gasteiger partial charge in [-0.3, -0.25) is 0 Å². The molecule has 22 heavy (non-hydrogen) atoms. The van der Waals surface area contributed by atoms with Crippen LogP contribution in [-0.2, 0) is 0 Å². The number of rotatable bonds is 2. The first-order chi connectivity index (χ1) is 10.7. The lowest BCUT2D eigenvalue weighted by Gasteiger charge is -2.18. The molecule has 2 nitrogen and oxygen atoms in total. The molecule has 0 fully saturated rings. The highest BCUT2D eigenvalue weighted by atomic mass is 16.4. The molecule has 0 amide bonds. The lowest BCUT2D eigenvalue weighted by molar-refractivity contribution is 0.0697. The van der Waals surface area contributed by atoms with Gasteiger partial charge in [-0.15, -0.1) is 0 Å². The van der Waals surface area contributed by atoms with Gasteiger partial charge in [-0.2, -0.15) is 0 Å². The highest BCUT2D eigenvalue weighted by molar-refractivity contribution is 6.62. The van der Waals surface area contributed by atoms with E-state index in [0.29, 0.717) is 11.4 Å². The van der Waals surface area contributed by atoms with E-state index in [0.717, 1.165) is 12.0 Å². The molecule has 2 aromatic carbocycles. The van der Waals surface area contributed by atoms with Crippen molar-refractivity contribution < 1.29 is 9.90 Å². The molecule has 0 bridgehead atoms. The van der Waals surface area contributed by atoms with E-state index in [1.54, 1.807) is 12.1 Å². The molecule has 1 unspecified atom stereocenters. The predicted octanol–water partition coefficient (Wildman–Crippen LogP) is 3.39. The maximum atomic E-state index is 10.9. The molecule has 1 radical (unpaired) electrons. The Balaban J connectivity index is 1.70. The Morgan fingerprint density at radius 1 is 1.09 bits per heavy atom. The highest BCUT2D eigenvalue weighted by Crippen LogP contribution is 2.41. The molecule has 3 heteroatoms. The number of carboxylic acid groups (broad SMARTS) is 1. The second-order valence-corrected chi connectivity index (χ2v) is 5.74. The van der Waals surface area contributed by atoms with Crippen LogP contribution in [0.5, 0.6) is 0 Å². The monoisotopic (exact) mass is 285 g/mol. The standard InChI is InChI=1S/C19H14BO2/c21-19(22)13-7-5-12(6-8-13)14-9-10-18-16(11-14)15-3-1-2-4-17(15)20-18/h1-9,11,18H,10H2,(H,21,22). The van der Waals surface area contributed by atoms with Gasteiger partial charge in [0.2, 0.25) is 0 Å². The number of benzene rings is 2. The lowest BCUT2D eigenvalue weighted by Crippen LogP contribution is -2.12. The van der Waals surface area contributed by atoms with E-state index in [4.69, 9.17) is 5.11 Å². The van der Waals surface area contributed by atoms with Crippen molar-refractivity contribution in [2.75, 3.05) is 0 Å². The third-order valence-electron chi connectivity index (χ3n) is 4.42. The van der Waals surface area contributed by atoms with Crippen LogP contribution in [0.3, 0.4) is 0 Å². The van der Waals surface area contributed by atoms with Crippen molar-refractivity contribution in [2.24, 2.45) is 0 Å². The molecular weight excluding hydrogens is 271 g/mol. The largest absolute Gasteiger partial charge is 0.478 e. The van der Waals surface area contributed by atoms with Crippen LogP contribution in [0.4, 0.5) is 0 Å². The van der Waals surface area contributed by atoms with Crippen molar-refractivity contribution in [3.05, 3.63) is 77.4 Å². The maximum absolute atomic E-state index is 10.9. The van der Waals surface area contributed by atoms with Gasteiger partial charge >= 0.3 is 5.97 Å². The normalized spacial score (nSPS) is 18.6. The summed E-state index contributed by atoms with van der Waals surface area (Å²) in [5, 5.41) is 8.99. The zero-order valence-electron chi connectivity index (χ0n) is 12.0. The molecule has 0 saturated carbocycles. The van der Waals surface area contributed by atoms with Crippen molar-refractivity contribution >= 4 is 29.9 Å².